The number of hydrogen-bond acceptors (Lipinski definition) is 7. The third-order valence-electron chi connectivity index (χ3n) is 5.59. The van der Waals surface area contributed by atoms with Crippen molar-refractivity contribution < 1.29 is 29.6 Å². The Kier molecular flexibility index (Phi) is 7.27. The van der Waals surface area contributed by atoms with Crippen LogP contribution in [0.5, 0.6) is 0 Å². The predicted octanol–water partition coefficient (Wildman–Crippen LogP) is 1.09. The van der Waals surface area contributed by atoms with Crippen molar-refractivity contribution in [3.8, 4) is 6.07 Å². The number of rotatable bonds is 5. The van der Waals surface area contributed by atoms with E-state index in [9.17, 15) is 25.4 Å². The van der Waals surface area contributed by atoms with Crippen molar-refractivity contribution in [2.45, 2.75) is 62.2 Å². The van der Waals surface area contributed by atoms with E-state index in [0.717, 1.165) is 6.42 Å². The molecule has 1 saturated heterocycles. The van der Waals surface area contributed by atoms with Crippen LogP contribution in [-0.4, -0.2) is 71.5 Å². The Labute approximate surface area is 177 Å². The van der Waals surface area contributed by atoms with E-state index in [1.807, 2.05) is 0 Å². The third-order valence-corrected chi connectivity index (χ3v) is 6.05. The van der Waals surface area contributed by atoms with Crippen molar-refractivity contribution >= 4 is 27.5 Å². The second-order valence-corrected chi connectivity index (χ2v) is 8.35. The molecule has 6 atom stereocenters. The minimum atomic E-state index is -1.06. The number of aliphatic hydroxyl groups excluding tert-OH is 3. The zero-order valence-corrected chi connectivity index (χ0v) is 17.7. The lowest BCUT2D eigenvalue weighted by Gasteiger charge is -2.41. The van der Waals surface area contributed by atoms with Crippen LogP contribution in [0.1, 0.15) is 31.2 Å². The quantitative estimate of drug-likeness (QED) is 0.590. The molecule has 0 spiro atoms. The number of amides is 1. The van der Waals surface area contributed by atoms with E-state index in [1.165, 1.54) is 12.0 Å². The van der Waals surface area contributed by atoms with Crippen molar-refractivity contribution in [2.75, 3.05) is 18.6 Å². The summed E-state index contributed by atoms with van der Waals surface area (Å²) in [6.07, 6.45) is -2.22. The van der Waals surface area contributed by atoms with Gasteiger partial charge in [-0.1, -0.05) is 15.9 Å². The molecule has 1 aromatic rings. The first-order chi connectivity index (χ1) is 13.9. The van der Waals surface area contributed by atoms with Crippen LogP contribution in [0, 0.1) is 11.3 Å². The Balaban J connectivity index is 2.00. The second kappa shape index (κ2) is 9.51. The summed E-state index contributed by atoms with van der Waals surface area (Å²) in [6, 6.07) is 6.56. The third kappa shape index (κ3) is 4.63. The summed E-state index contributed by atoms with van der Waals surface area (Å²) in [7, 11) is 1.43. The highest BCUT2D eigenvalue weighted by atomic mass is 79.9. The smallest absolute Gasteiger partial charge is 0.259 e. The number of methoxy groups -OCH3 is 1. The van der Waals surface area contributed by atoms with Gasteiger partial charge in [0.05, 0.1) is 42.6 Å². The molecule has 158 valence electrons. The van der Waals surface area contributed by atoms with Gasteiger partial charge in [0.15, 0.2) is 6.10 Å². The van der Waals surface area contributed by atoms with Crippen LogP contribution in [0.4, 0.5) is 5.69 Å². The number of halogens is 1. The van der Waals surface area contributed by atoms with Crippen molar-refractivity contribution in [3.05, 3.63) is 28.2 Å². The maximum atomic E-state index is 13.6. The average molecular weight is 469 g/mol. The topological polar surface area (TPSA) is 123 Å². The standard InChI is InChI=1S/C20H25BrN2O6/c1-28-17-8-16(26)18(10-24)29-19(17)20(27)23(14-3-2-4-15(14)25)13-6-11(9-22)5-12(21)7-13/h5-7,14-19,24-26H,2-4,8,10H2,1H3/t14-,15-,16?,17?,18?,19?/m0/s1. The number of carbonyl (C=O) groups is 1. The van der Waals surface area contributed by atoms with Crippen molar-refractivity contribution in [3.63, 3.8) is 0 Å². The fraction of sp³-hybridized carbons (Fsp3) is 0.600. The molecular formula is C20H25BrN2O6. The van der Waals surface area contributed by atoms with Crippen molar-refractivity contribution in [1.82, 2.24) is 0 Å². The zero-order chi connectivity index (χ0) is 21.1. The highest BCUT2D eigenvalue weighted by molar-refractivity contribution is 9.10. The van der Waals surface area contributed by atoms with Gasteiger partial charge in [-0.2, -0.15) is 5.26 Å². The van der Waals surface area contributed by atoms with E-state index in [-0.39, 0.29) is 6.42 Å². The van der Waals surface area contributed by atoms with E-state index in [2.05, 4.69) is 22.0 Å². The van der Waals surface area contributed by atoms with E-state index >= 15 is 0 Å². The number of ether oxygens (including phenoxy) is 2. The van der Waals surface area contributed by atoms with Gasteiger partial charge in [-0.05, 0) is 37.5 Å². The molecule has 9 heteroatoms. The van der Waals surface area contributed by atoms with Gasteiger partial charge in [0, 0.05) is 23.7 Å². The monoisotopic (exact) mass is 468 g/mol. The van der Waals surface area contributed by atoms with Crippen molar-refractivity contribution in [1.29, 1.82) is 5.26 Å². The maximum Gasteiger partial charge on any atom is 0.259 e. The van der Waals surface area contributed by atoms with Crippen LogP contribution in [0.15, 0.2) is 22.7 Å². The summed E-state index contributed by atoms with van der Waals surface area (Å²) in [5.74, 6) is -0.435. The molecule has 1 saturated carbocycles. The number of aliphatic hydroxyl groups is 3. The molecule has 3 rings (SSSR count). The van der Waals surface area contributed by atoms with E-state index in [4.69, 9.17) is 9.47 Å². The molecular weight excluding hydrogens is 444 g/mol. The summed E-state index contributed by atoms with van der Waals surface area (Å²) < 4.78 is 11.7. The Morgan fingerprint density at radius 3 is 2.69 bits per heavy atom. The molecule has 1 aliphatic heterocycles. The number of carbonyl (C=O) groups excluding carboxylic acids is 1. The van der Waals surface area contributed by atoms with Crippen molar-refractivity contribution in [2.24, 2.45) is 0 Å². The molecule has 1 aromatic carbocycles. The molecule has 8 nitrogen and oxygen atoms in total. The molecule has 4 unspecified atom stereocenters. The van der Waals surface area contributed by atoms with Gasteiger partial charge in [-0.15, -0.1) is 0 Å². The Morgan fingerprint density at radius 1 is 1.34 bits per heavy atom. The molecule has 2 fully saturated rings. The Morgan fingerprint density at radius 2 is 2.10 bits per heavy atom. The molecule has 0 aromatic heterocycles. The summed E-state index contributed by atoms with van der Waals surface area (Å²) >= 11 is 3.37. The van der Waals surface area contributed by atoms with Gasteiger partial charge < -0.3 is 29.7 Å². The minimum absolute atomic E-state index is 0.140. The highest BCUT2D eigenvalue weighted by Crippen LogP contribution is 2.34. The van der Waals surface area contributed by atoms with Gasteiger partial charge in [-0.25, -0.2) is 0 Å². The molecule has 1 aliphatic carbocycles. The largest absolute Gasteiger partial charge is 0.394 e. The first-order valence-electron chi connectivity index (χ1n) is 9.58. The van der Waals surface area contributed by atoms with E-state index < -0.39 is 49.1 Å². The van der Waals surface area contributed by atoms with Gasteiger partial charge in [0.1, 0.15) is 6.10 Å². The number of nitrogens with zero attached hydrogens (tertiary/aromatic N) is 2. The first-order valence-corrected chi connectivity index (χ1v) is 10.4. The molecule has 3 N–H and O–H groups in total. The predicted molar refractivity (Wildman–Crippen MR) is 107 cm³/mol. The molecule has 2 aliphatic rings. The fourth-order valence-corrected chi connectivity index (χ4v) is 4.58. The molecule has 0 radical (unpaired) electrons. The summed E-state index contributed by atoms with van der Waals surface area (Å²) in [4.78, 5) is 15.1. The molecule has 1 heterocycles. The molecule has 29 heavy (non-hydrogen) atoms. The number of anilines is 1. The fourth-order valence-electron chi connectivity index (χ4n) is 4.10. The summed E-state index contributed by atoms with van der Waals surface area (Å²) in [6.45, 7) is -0.428. The lowest BCUT2D eigenvalue weighted by atomic mass is 9.96. The normalized spacial score (nSPS) is 32.0. The Bertz CT molecular complexity index is 785. The van der Waals surface area contributed by atoms with Gasteiger partial charge in [0.2, 0.25) is 0 Å². The summed E-state index contributed by atoms with van der Waals surface area (Å²) in [5.41, 5.74) is 0.841. The first kappa shape index (κ1) is 22.2. The highest BCUT2D eigenvalue weighted by Gasteiger charge is 2.45. The van der Waals surface area contributed by atoms with Crippen LogP contribution < -0.4 is 4.90 Å². The number of benzene rings is 1. The zero-order valence-electron chi connectivity index (χ0n) is 16.1. The van der Waals surface area contributed by atoms with E-state index in [0.29, 0.717) is 28.6 Å². The van der Waals surface area contributed by atoms with Crippen LogP contribution in [0.2, 0.25) is 0 Å². The van der Waals surface area contributed by atoms with E-state index in [1.54, 1.807) is 18.2 Å². The molecule has 1 amide bonds. The second-order valence-electron chi connectivity index (χ2n) is 7.44. The SMILES string of the molecule is COC1CC(O)C(CO)OC1C(=O)N(c1cc(Br)cc(C#N)c1)[C@H]1CCC[C@@H]1O. The maximum absolute atomic E-state index is 13.6. The summed E-state index contributed by atoms with van der Waals surface area (Å²) in [5, 5.41) is 39.4. The average Bonchev–Trinajstić information content (AvgIpc) is 3.12. The van der Waals surface area contributed by atoms with Crippen LogP contribution >= 0.6 is 15.9 Å². The number of hydrogen-bond donors (Lipinski definition) is 3. The Hall–Kier alpha value is -1.54. The van der Waals surface area contributed by atoms with Crippen LogP contribution in [0.25, 0.3) is 0 Å². The number of nitriles is 1. The van der Waals surface area contributed by atoms with Gasteiger partial charge in [-0.3, -0.25) is 4.79 Å². The lowest BCUT2D eigenvalue weighted by molar-refractivity contribution is -0.190. The minimum Gasteiger partial charge on any atom is -0.394 e. The van der Waals surface area contributed by atoms with Crippen LogP contribution in [0.3, 0.4) is 0 Å². The van der Waals surface area contributed by atoms with Crippen LogP contribution in [-0.2, 0) is 14.3 Å². The lowest BCUT2D eigenvalue weighted by Crippen LogP contribution is -2.58. The van der Waals surface area contributed by atoms with Gasteiger partial charge >= 0.3 is 0 Å². The molecule has 0 bridgehead atoms. The van der Waals surface area contributed by atoms with Gasteiger partial charge in [0.25, 0.3) is 5.91 Å².